The molecule has 0 rings (SSSR count). The molecule has 0 N–H and O–H groups in total. The Balaban J connectivity index is 0. The van der Waals surface area contributed by atoms with E-state index in [1.54, 1.807) is 0 Å². The molecule has 0 aromatic rings. The minimum Gasteiger partial charge on any atom is 0 e. The molecule has 0 atom stereocenters. The predicted octanol–water partition coefficient (Wildman–Crippen LogP) is -0.243. The van der Waals surface area contributed by atoms with E-state index in [4.69, 9.17) is 7.67 Å². The summed E-state index contributed by atoms with van der Waals surface area (Å²) in [7, 11) is 0. The molecule has 0 unspecified atom stereocenters. The SMILES string of the molecule is [O]=[Mn]=[O].[Ru]. The molecule has 0 bridgehead atoms. The average Bonchev–Trinajstić information content (AvgIpc) is 0.918. The smallest absolute Gasteiger partial charge is 0 e. The van der Waals surface area contributed by atoms with E-state index in [9.17, 15) is 0 Å². The summed E-state index contributed by atoms with van der Waals surface area (Å²) in [6.07, 6.45) is 0. The van der Waals surface area contributed by atoms with E-state index in [2.05, 4.69) is 0 Å². The van der Waals surface area contributed by atoms with Crippen molar-refractivity contribution in [2.45, 2.75) is 0 Å². The minimum atomic E-state index is -1.44. The van der Waals surface area contributed by atoms with Gasteiger partial charge in [0.1, 0.15) is 0 Å². The third-order valence-electron chi connectivity index (χ3n) is 0. The average molecular weight is 188 g/mol. The van der Waals surface area contributed by atoms with Crippen molar-refractivity contribution in [3.63, 3.8) is 0 Å². The Kier molecular flexibility index (Phi) is 20.5. The standard InChI is InChI=1S/Mn.2O.Ru. The van der Waals surface area contributed by atoms with Gasteiger partial charge in [-0.1, -0.05) is 0 Å². The summed E-state index contributed by atoms with van der Waals surface area (Å²) in [6, 6.07) is 0. The van der Waals surface area contributed by atoms with Gasteiger partial charge in [-0.25, -0.2) is 0 Å². The molecule has 0 aliphatic heterocycles. The van der Waals surface area contributed by atoms with E-state index in [1.807, 2.05) is 0 Å². The summed E-state index contributed by atoms with van der Waals surface area (Å²) in [5.41, 5.74) is 0. The van der Waals surface area contributed by atoms with Gasteiger partial charge >= 0.3 is 22.5 Å². The molecule has 0 saturated carbocycles. The molecule has 0 aliphatic rings. The molecule has 0 aromatic heterocycles. The molecule has 0 saturated heterocycles. The van der Waals surface area contributed by atoms with E-state index >= 15 is 0 Å². The van der Waals surface area contributed by atoms with Gasteiger partial charge in [-0.3, -0.25) is 0 Å². The van der Waals surface area contributed by atoms with Gasteiger partial charge in [-0.2, -0.15) is 0 Å². The summed E-state index contributed by atoms with van der Waals surface area (Å²) >= 11 is -1.44. The van der Waals surface area contributed by atoms with Gasteiger partial charge in [0.15, 0.2) is 0 Å². The van der Waals surface area contributed by atoms with E-state index in [-0.39, 0.29) is 19.5 Å². The fourth-order valence-corrected chi connectivity index (χ4v) is 0. The number of hydrogen-bond donors (Lipinski definition) is 0. The fraction of sp³-hybridized carbons (Fsp3) is 0. The first-order valence-corrected chi connectivity index (χ1v) is 1.27. The zero-order valence-electron chi connectivity index (χ0n) is 1.55. The maximum Gasteiger partial charge on any atom is 0 e. The fourth-order valence-electron chi connectivity index (χ4n) is 0. The van der Waals surface area contributed by atoms with E-state index in [0.717, 1.165) is 0 Å². The van der Waals surface area contributed by atoms with Crippen molar-refractivity contribution in [3.8, 4) is 0 Å². The normalized spacial score (nSPS) is 3.00. The molecule has 0 radical (unpaired) electrons. The van der Waals surface area contributed by atoms with Crippen molar-refractivity contribution >= 4 is 0 Å². The largest absolute Gasteiger partial charge is 0 e. The Labute approximate surface area is 42.3 Å². The van der Waals surface area contributed by atoms with Crippen LogP contribution in [-0.4, -0.2) is 0 Å². The Morgan fingerprint density at radius 1 is 1.25 bits per heavy atom. The van der Waals surface area contributed by atoms with Crippen LogP contribution in [0.25, 0.3) is 0 Å². The van der Waals surface area contributed by atoms with Gasteiger partial charge in [-0.15, -0.1) is 0 Å². The quantitative estimate of drug-likeness (QED) is 0.491. The summed E-state index contributed by atoms with van der Waals surface area (Å²) < 4.78 is 16.8. The van der Waals surface area contributed by atoms with Crippen LogP contribution in [0.3, 0.4) is 0 Å². The molecule has 0 fully saturated rings. The molecule has 0 heterocycles. The molecule has 4 heteroatoms. The Morgan fingerprint density at radius 2 is 1.25 bits per heavy atom. The van der Waals surface area contributed by atoms with Crippen LogP contribution in [0.5, 0.6) is 0 Å². The summed E-state index contributed by atoms with van der Waals surface area (Å²) in [5.74, 6) is 0. The van der Waals surface area contributed by atoms with Crippen LogP contribution < -0.4 is 0 Å². The molecular weight excluding hydrogens is 188 g/mol. The molecule has 0 aliphatic carbocycles. The minimum absolute atomic E-state index is 0. The molecule has 0 aromatic carbocycles. The van der Waals surface area contributed by atoms with Crippen LogP contribution >= 0.6 is 0 Å². The topological polar surface area (TPSA) is 34.1 Å². The molecular formula is MnO2Ru. The zero-order valence-corrected chi connectivity index (χ0v) is 4.47. The first-order valence-electron chi connectivity index (χ1n) is 0.309. The van der Waals surface area contributed by atoms with E-state index in [0.29, 0.717) is 0 Å². The third kappa shape index (κ3) is 15.1. The monoisotopic (exact) mass is 189 g/mol. The first kappa shape index (κ1) is 8.83. The van der Waals surface area contributed by atoms with Crippen molar-refractivity contribution in [2.24, 2.45) is 0 Å². The van der Waals surface area contributed by atoms with Gasteiger partial charge in [0.05, 0.1) is 0 Å². The Hall–Kier alpha value is 0.743. The Morgan fingerprint density at radius 3 is 1.25 bits per heavy atom. The summed E-state index contributed by atoms with van der Waals surface area (Å²) in [5, 5.41) is 0. The van der Waals surface area contributed by atoms with Crippen LogP contribution in [0.15, 0.2) is 0 Å². The molecule has 2 nitrogen and oxygen atoms in total. The summed E-state index contributed by atoms with van der Waals surface area (Å²) in [4.78, 5) is 0. The van der Waals surface area contributed by atoms with Crippen molar-refractivity contribution < 1.29 is 42.0 Å². The van der Waals surface area contributed by atoms with Crippen molar-refractivity contribution in [2.75, 3.05) is 0 Å². The Bertz CT molecular complexity index is 27.0. The maximum atomic E-state index is 8.41. The number of rotatable bonds is 0. The van der Waals surface area contributed by atoms with Crippen LogP contribution in [-0.2, 0) is 42.0 Å². The van der Waals surface area contributed by atoms with Crippen molar-refractivity contribution in [1.82, 2.24) is 0 Å². The van der Waals surface area contributed by atoms with Crippen LogP contribution in [0.4, 0.5) is 0 Å². The second-order valence-corrected chi connectivity index (χ2v) is 0.260. The third-order valence-corrected chi connectivity index (χ3v) is 0. The number of hydrogen-bond acceptors (Lipinski definition) is 2. The second kappa shape index (κ2) is 9.27. The van der Waals surface area contributed by atoms with E-state index < -0.39 is 14.8 Å². The van der Waals surface area contributed by atoms with Crippen LogP contribution in [0, 0.1) is 0 Å². The van der Waals surface area contributed by atoms with Gasteiger partial charge in [0.2, 0.25) is 0 Å². The second-order valence-electron chi connectivity index (χ2n) is 0.0630. The van der Waals surface area contributed by atoms with Crippen LogP contribution in [0.2, 0.25) is 0 Å². The summed E-state index contributed by atoms with van der Waals surface area (Å²) in [6.45, 7) is 0. The maximum absolute atomic E-state index is 8.41. The van der Waals surface area contributed by atoms with E-state index in [1.165, 1.54) is 0 Å². The van der Waals surface area contributed by atoms with Gasteiger partial charge < -0.3 is 0 Å². The predicted molar refractivity (Wildman–Crippen MR) is 1.37 cm³/mol. The van der Waals surface area contributed by atoms with Gasteiger partial charge in [0, 0.05) is 19.5 Å². The molecule has 4 heavy (non-hydrogen) atoms. The van der Waals surface area contributed by atoms with Gasteiger partial charge in [-0.05, 0) is 0 Å². The van der Waals surface area contributed by atoms with Crippen molar-refractivity contribution in [1.29, 1.82) is 0 Å². The molecule has 0 spiro atoms. The zero-order chi connectivity index (χ0) is 2.71. The van der Waals surface area contributed by atoms with Crippen molar-refractivity contribution in [3.05, 3.63) is 0 Å². The van der Waals surface area contributed by atoms with Gasteiger partial charge in [0.25, 0.3) is 0 Å². The first-order chi connectivity index (χ1) is 1.41. The molecule has 27 valence electrons. The molecule has 0 amide bonds. The van der Waals surface area contributed by atoms with Crippen LogP contribution in [0.1, 0.15) is 0 Å².